The van der Waals surface area contributed by atoms with E-state index in [0.717, 1.165) is 43.6 Å². The van der Waals surface area contributed by atoms with Crippen LogP contribution in [-0.4, -0.2) is 24.3 Å². The average molecular weight is 565 g/mol. The zero-order valence-electron chi connectivity index (χ0n) is 27.9. The molecular formula is C38H60O3. The molecular weight excluding hydrogens is 504 g/mol. The van der Waals surface area contributed by atoms with E-state index in [0.29, 0.717) is 39.9 Å². The van der Waals surface area contributed by atoms with Gasteiger partial charge < -0.3 is 9.47 Å². The number of rotatable bonds is 5. The predicted molar refractivity (Wildman–Crippen MR) is 165 cm³/mol. The molecule has 0 aromatic carbocycles. The summed E-state index contributed by atoms with van der Waals surface area (Å²) >= 11 is 0. The largest absolute Gasteiger partial charge is 0.453 e. The van der Waals surface area contributed by atoms with Gasteiger partial charge in [0.05, 0.1) is 6.10 Å². The zero-order chi connectivity index (χ0) is 29.6. The first-order valence-corrected chi connectivity index (χ1v) is 17.5. The second-order valence-electron chi connectivity index (χ2n) is 18.8. The Kier molecular flexibility index (Phi) is 5.96. The molecule has 9 saturated carbocycles. The van der Waals surface area contributed by atoms with E-state index < -0.39 is 5.60 Å². The summed E-state index contributed by atoms with van der Waals surface area (Å²) in [5.41, 5.74) is 0.617. The van der Waals surface area contributed by atoms with Gasteiger partial charge in [0.25, 0.3) is 0 Å². The van der Waals surface area contributed by atoms with Gasteiger partial charge >= 0.3 is 5.97 Å². The van der Waals surface area contributed by atoms with Gasteiger partial charge in [-0.1, -0.05) is 68.9 Å². The summed E-state index contributed by atoms with van der Waals surface area (Å²) in [4.78, 5) is 13.5. The van der Waals surface area contributed by atoms with Crippen molar-refractivity contribution in [2.24, 2.45) is 73.9 Å². The first-order valence-electron chi connectivity index (χ1n) is 17.5. The molecule has 230 valence electrons. The molecule has 3 heteroatoms. The van der Waals surface area contributed by atoms with Crippen molar-refractivity contribution in [3.8, 4) is 0 Å². The Morgan fingerprint density at radius 1 is 0.756 bits per heavy atom. The van der Waals surface area contributed by atoms with Crippen LogP contribution in [0.2, 0.25) is 0 Å². The first kappa shape index (κ1) is 28.9. The van der Waals surface area contributed by atoms with Gasteiger partial charge in [0.15, 0.2) is 0 Å². The van der Waals surface area contributed by atoms with Gasteiger partial charge in [0.2, 0.25) is 0 Å². The molecule has 0 N–H and O–H groups in total. The molecule has 0 radical (unpaired) electrons. The van der Waals surface area contributed by atoms with Crippen molar-refractivity contribution in [2.75, 3.05) is 6.61 Å². The number of carbonyl (C=O) groups excluding carboxylic acids is 1. The fourth-order valence-electron chi connectivity index (χ4n) is 14.6. The summed E-state index contributed by atoms with van der Waals surface area (Å²) in [5.74, 6) is 4.65. The van der Waals surface area contributed by atoms with Gasteiger partial charge in [-0.3, -0.25) is 0 Å². The van der Waals surface area contributed by atoms with Crippen molar-refractivity contribution in [1.29, 1.82) is 0 Å². The van der Waals surface area contributed by atoms with Crippen LogP contribution in [0.15, 0.2) is 12.7 Å². The van der Waals surface area contributed by atoms with E-state index in [2.05, 4.69) is 68.9 Å². The number of esters is 1. The van der Waals surface area contributed by atoms with E-state index in [4.69, 9.17) is 9.47 Å². The van der Waals surface area contributed by atoms with Gasteiger partial charge in [-0.2, -0.15) is 0 Å². The minimum Gasteiger partial charge on any atom is -0.453 e. The Labute approximate surface area is 251 Å². The van der Waals surface area contributed by atoms with Crippen LogP contribution in [0.3, 0.4) is 0 Å². The van der Waals surface area contributed by atoms with Crippen LogP contribution < -0.4 is 0 Å². The normalized spacial score (nSPS) is 55.4. The number of ether oxygens (including phenoxy) is 2. The van der Waals surface area contributed by atoms with Crippen molar-refractivity contribution in [3.63, 3.8) is 0 Å². The monoisotopic (exact) mass is 564 g/mol. The van der Waals surface area contributed by atoms with Gasteiger partial charge in [-0.05, 0) is 133 Å². The molecule has 10 rings (SSSR count). The highest BCUT2D eigenvalue weighted by Gasteiger charge is 2.83. The Bertz CT molecular complexity index is 1130. The van der Waals surface area contributed by atoms with Crippen molar-refractivity contribution >= 4 is 5.97 Å². The van der Waals surface area contributed by atoms with E-state index >= 15 is 0 Å². The predicted octanol–water partition coefficient (Wildman–Crippen LogP) is 9.25. The molecule has 0 spiro atoms. The van der Waals surface area contributed by atoms with Gasteiger partial charge in [-0.25, -0.2) is 4.79 Å². The maximum absolute atomic E-state index is 13.5. The zero-order valence-corrected chi connectivity index (χ0v) is 27.9. The first-order chi connectivity index (χ1) is 19.0. The molecule has 6 bridgehead atoms. The molecule has 3 nitrogen and oxygen atoms in total. The van der Waals surface area contributed by atoms with Gasteiger partial charge in [-0.15, -0.1) is 0 Å². The van der Waals surface area contributed by atoms with E-state index in [-0.39, 0.29) is 28.3 Å². The maximum atomic E-state index is 13.5. The van der Waals surface area contributed by atoms with Gasteiger partial charge in [0.1, 0.15) is 5.60 Å². The lowest BCUT2D eigenvalue weighted by molar-refractivity contribution is -0.385. The lowest BCUT2D eigenvalue weighted by Crippen LogP contribution is -2.82. The Morgan fingerprint density at radius 3 is 1.93 bits per heavy atom. The van der Waals surface area contributed by atoms with Crippen molar-refractivity contribution in [2.45, 2.75) is 138 Å². The molecule has 1 aliphatic heterocycles. The number of hydrogen-bond acceptors (Lipinski definition) is 3. The van der Waals surface area contributed by atoms with Crippen LogP contribution in [0, 0.1) is 73.9 Å². The van der Waals surface area contributed by atoms with E-state index in [1.807, 2.05) is 0 Å². The molecule has 0 amide bonds. The molecule has 10 aliphatic rings. The molecule has 0 aromatic rings. The van der Waals surface area contributed by atoms with Crippen molar-refractivity contribution in [1.82, 2.24) is 0 Å². The van der Waals surface area contributed by atoms with Crippen LogP contribution in [0.5, 0.6) is 0 Å². The number of fused-ring (bicyclic) bond motifs is 8. The molecule has 0 aromatic heterocycles. The highest BCUT2D eigenvalue weighted by Crippen LogP contribution is 2.85. The average Bonchev–Trinajstić information content (AvgIpc) is 2.93. The van der Waals surface area contributed by atoms with Crippen LogP contribution in [0.4, 0.5) is 0 Å². The summed E-state index contributed by atoms with van der Waals surface area (Å²) in [7, 11) is 0. The Morgan fingerprint density at radius 2 is 1.37 bits per heavy atom. The maximum Gasteiger partial charge on any atom is 0.330 e. The molecule has 1 heterocycles. The molecule has 41 heavy (non-hydrogen) atoms. The van der Waals surface area contributed by atoms with Crippen molar-refractivity contribution < 1.29 is 14.3 Å². The summed E-state index contributed by atoms with van der Waals surface area (Å²) in [6.07, 6.45) is 13.8. The summed E-state index contributed by atoms with van der Waals surface area (Å²) in [5, 5.41) is 0. The Hall–Kier alpha value is -0.830. The quantitative estimate of drug-likeness (QED) is 0.247. The second kappa shape index (κ2) is 8.45. The molecule has 1 saturated heterocycles. The number of carbonyl (C=O) groups is 1. The van der Waals surface area contributed by atoms with Crippen LogP contribution >= 0.6 is 0 Å². The highest BCUT2D eigenvalue weighted by atomic mass is 16.6. The summed E-state index contributed by atoms with van der Waals surface area (Å²) in [6.45, 7) is 28.2. The standard InChI is InChI=1S/C38H60O3/c1-11-31(39)41-38(30-14-12-13-17-40-30)22-25-21-28(34(25,6)7)37(38,10)36(9)27-19-24(33(27,4)5)20-29(36)35(8)16-15-23-18-26(35)32(23,2)3/h11,23-30H,1,12-22H2,2-10H3. The van der Waals surface area contributed by atoms with E-state index in [1.165, 1.54) is 51.0 Å². The highest BCUT2D eigenvalue weighted by molar-refractivity contribution is 5.81. The van der Waals surface area contributed by atoms with E-state index in [9.17, 15) is 4.79 Å². The van der Waals surface area contributed by atoms with E-state index in [1.54, 1.807) is 0 Å². The Balaban J connectivity index is 1.46. The van der Waals surface area contributed by atoms with Crippen LogP contribution in [-0.2, 0) is 14.3 Å². The van der Waals surface area contributed by atoms with Gasteiger partial charge in [0, 0.05) is 18.1 Å². The van der Waals surface area contributed by atoms with Crippen LogP contribution in [0.1, 0.15) is 127 Å². The fourth-order valence-corrected chi connectivity index (χ4v) is 14.6. The third-order valence-electron chi connectivity index (χ3n) is 17.4. The lowest BCUT2D eigenvalue weighted by Gasteiger charge is -2.83. The summed E-state index contributed by atoms with van der Waals surface area (Å²) in [6, 6.07) is 0. The summed E-state index contributed by atoms with van der Waals surface area (Å²) < 4.78 is 13.8. The second-order valence-corrected chi connectivity index (χ2v) is 18.8. The minimum atomic E-state index is -0.601. The molecule has 10 fully saturated rings. The SMILES string of the molecule is C=CC(=O)OC1(C2CCCCO2)CC2CC(C2(C)C)C1(C)C1(C)C2CC(CC1C1(C)CCC3CC1C3(C)C)C2(C)C. The smallest absolute Gasteiger partial charge is 0.330 e. The topological polar surface area (TPSA) is 35.5 Å². The molecule has 9 aliphatic carbocycles. The number of hydrogen-bond donors (Lipinski definition) is 0. The molecule has 12 unspecified atom stereocenters. The third-order valence-corrected chi connectivity index (χ3v) is 17.4. The minimum absolute atomic E-state index is 0.0198. The lowest BCUT2D eigenvalue weighted by atomic mass is 9.22. The van der Waals surface area contributed by atoms with Crippen molar-refractivity contribution in [3.05, 3.63) is 12.7 Å². The molecule has 12 atom stereocenters. The van der Waals surface area contributed by atoms with Crippen LogP contribution in [0.25, 0.3) is 0 Å². The third kappa shape index (κ3) is 3.15. The fraction of sp³-hybridized carbons (Fsp3) is 0.921.